The van der Waals surface area contributed by atoms with Crippen LogP contribution in [0.3, 0.4) is 0 Å². The van der Waals surface area contributed by atoms with E-state index in [4.69, 9.17) is 0 Å². The van der Waals surface area contributed by atoms with E-state index in [1.165, 1.54) is 10.6 Å². The standard InChI is InChI=1S/C6H5NS2.ClH/c1-2-4-6-5(3-1)7-9-8-6;/h1-4,7H;1H. The fourth-order valence-corrected chi connectivity index (χ4v) is 2.64. The molecule has 0 saturated heterocycles. The second-order valence-corrected chi connectivity index (χ2v) is 3.74. The van der Waals surface area contributed by atoms with E-state index in [9.17, 15) is 0 Å². The molecule has 1 N–H and O–H groups in total. The predicted molar refractivity (Wildman–Crippen MR) is 50.8 cm³/mol. The van der Waals surface area contributed by atoms with Crippen molar-refractivity contribution in [2.75, 3.05) is 4.72 Å². The van der Waals surface area contributed by atoms with Crippen molar-refractivity contribution in [1.29, 1.82) is 0 Å². The van der Waals surface area contributed by atoms with Gasteiger partial charge < -0.3 is 4.72 Å². The summed E-state index contributed by atoms with van der Waals surface area (Å²) < 4.78 is 3.18. The average molecular weight is 192 g/mol. The molecular formula is C6H6ClNS2. The second-order valence-electron chi connectivity index (χ2n) is 1.76. The lowest BCUT2D eigenvalue weighted by Gasteiger charge is -1.91. The van der Waals surface area contributed by atoms with Crippen LogP contribution in [0.25, 0.3) is 0 Å². The van der Waals surface area contributed by atoms with E-state index in [0.29, 0.717) is 0 Å². The van der Waals surface area contributed by atoms with E-state index in [-0.39, 0.29) is 12.4 Å². The molecule has 0 bridgehead atoms. The summed E-state index contributed by atoms with van der Waals surface area (Å²) in [6.45, 7) is 0. The summed E-state index contributed by atoms with van der Waals surface area (Å²) in [5.74, 6) is 0. The van der Waals surface area contributed by atoms with E-state index in [1.807, 2.05) is 6.07 Å². The lowest BCUT2D eigenvalue weighted by Crippen LogP contribution is -1.75. The number of hydrogen-bond acceptors (Lipinski definition) is 3. The number of nitrogens with one attached hydrogen (secondary N) is 1. The maximum Gasteiger partial charge on any atom is 0.0593 e. The first-order valence-electron chi connectivity index (χ1n) is 2.65. The number of anilines is 1. The quantitative estimate of drug-likeness (QED) is 0.500. The molecule has 0 saturated carbocycles. The highest BCUT2D eigenvalue weighted by Crippen LogP contribution is 2.43. The summed E-state index contributed by atoms with van der Waals surface area (Å²) >= 11 is 0. The highest BCUT2D eigenvalue weighted by Gasteiger charge is 2.08. The van der Waals surface area contributed by atoms with Crippen molar-refractivity contribution in [1.82, 2.24) is 0 Å². The zero-order valence-electron chi connectivity index (χ0n) is 5.03. The number of rotatable bonds is 0. The molecule has 1 aliphatic rings. The minimum atomic E-state index is 0. The van der Waals surface area contributed by atoms with Crippen molar-refractivity contribution in [3.8, 4) is 0 Å². The van der Waals surface area contributed by atoms with Gasteiger partial charge in [-0.3, -0.25) is 0 Å². The fourth-order valence-electron chi connectivity index (χ4n) is 0.734. The van der Waals surface area contributed by atoms with Gasteiger partial charge in [0.25, 0.3) is 0 Å². The molecule has 1 aromatic rings. The summed E-state index contributed by atoms with van der Waals surface area (Å²) in [5.41, 5.74) is 1.24. The maximum absolute atomic E-state index is 3.18. The molecule has 0 amide bonds. The molecule has 1 nitrogen and oxygen atoms in total. The molecule has 0 atom stereocenters. The third-order valence-corrected chi connectivity index (χ3v) is 3.13. The van der Waals surface area contributed by atoms with E-state index in [0.717, 1.165) is 0 Å². The topological polar surface area (TPSA) is 12.0 Å². The largest absolute Gasteiger partial charge is 0.319 e. The minimum Gasteiger partial charge on any atom is -0.319 e. The van der Waals surface area contributed by atoms with Crippen LogP contribution in [0.1, 0.15) is 0 Å². The number of hydrogen-bond donors (Lipinski definition) is 1. The summed E-state index contributed by atoms with van der Waals surface area (Å²) in [6.07, 6.45) is 0. The van der Waals surface area contributed by atoms with Crippen LogP contribution in [-0.2, 0) is 0 Å². The monoisotopic (exact) mass is 191 g/mol. The van der Waals surface area contributed by atoms with Crippen LogP contribution in [0, 0.1) is 0 Å². The van der Waals surface area contributed by atoms with Gasteiger partial charge in [-0.1, -0.05) is 12.1 Å². The van der Waals surface area contributed by atoms with Crippen molar-refractivity contribution >= 4 is 39.9 Å². The Balaban J connectivity index is 0.000000500. The maximum atomic E-state index is 3.18. The average Bonchev–Trinajstić information content (AvgIpc) is 2.33. The van der Waals surface area contributed by atoms with Crippen LogP contribution in [0.2, 0.25) is 0 Å². The smallest absolute Gasteiger partial charge is 0.0593 e. The second kappa shape index (κ2) is 3.42. The first kappa shape index (κ1) is 8.11. The molecule has 0 fully saturated rings. The van der Waals surface area contributed by atoms with E-state index < -0.39 is 0 Å². The molecule has 1 heterocycles. The van der Waals surface area contributed by atoms with Gasteiger partial charge in [0.2, 0.25) is 0 Å². The Morgan fingerprint density at radius 2 is 2.00 bits per heavy atom. The van der Waals surface area contributed by atoms with Gasteiger partial charge in [-0.15, -0.1) is 12.4 Å². The Hall–Kier alpha value is 0.01000. The molecule has 10 heavy (non-hydrogen) atoms. The number of para-hydroxylation sites is 1. The molecular weight excluding hydrogens is 186 g/mol. The Bertz CT molecular complexity index is 206. The van der Waals surface area contributed by atoms with Crippen LogP contribution in [0.4, 0.5) is 5.69 Å². The van der Waals surface area contributed by atoms with Gasteiger partial charge in [-0.2, -0.15) is 0 Å². The van der Waals surface area contributed by atoms with Gasteiger partial charge in [0, 0.05) is 15.9 Å². The predicted octanol–water partition coefficient (Wildman–Crippen LogP) is 3.19. The Morgan fingerprint density at radius 3 is 2.80 bits per heavy atom. The van der Waals surface area contributed by atoms with Gasteiger partial charge in [0.15, 0.2) is 0 Å². The van der Waals surface area contributed by atoms with Gasteiger partial charge >= 0.3 is 0 Å². The van der Waals surface area contributed by atoms with E-state index in [2.05, 4.69) is 22.9 Å². The van der Waals surface area contributed by atoms with Crippen LogP contribution in [0.15, 0.2) is 29.2 Å². The van der Waals surface area contributed by atoms with Crippen LogP contribution in [0.5, 0.6) is 0 Å². The van der Waals surface area contributed by atoms with E-state index >= 15 is 0 Å². The summed E-state index contributed by atoms with van der Waals surface area (Å²) in [4.78, 5) is 1.34. The minimum absolute atomic E-state index is 0. The van der Waals surface area contributed by atoms with Gasteiger partial charge in [0.05, 0.1) is 5.69 Å². The SMILES string of the molecule is Cl.c1ccc2c(c1)NSS2. The van der Waals surface area contributed by atoms with Crippen molar-refractivity contribution in [2.24, 2.45) is 0 Å². The van der Waals surface area contributed by atoms with Crippen LogP contribution >= 0.6 is 34.2 Å². The zero-order chi connectivity index (χ0) is 6.10. The van der Waals surface area contributed by atoms with Gasteiger partial charge in [-0.25, -0.2) is 0 Å². The molecule has 0 radical (unpaired) electrons. The van der Waals surface area contributed by atoms with Crippen molar-refractivity contribution in [3.05, 3.63) is 24.3 Å². The Morgan fingerprint density at radius 1 is 1.20 bits per heavy atom. The zero-order valence-corrected chi connectivity index (χ0v) is 7.48. The molecule has 0 aliphatic carbocycles. The fraction of sp³-hybridized carbons (Fsp3) is 0. The molecule has 0 aromatic heterocycles. The summed E-state index contributed by atoms with van der Waals surface area (Å²) in [7, 11) is 3.44. The molecule has 1 aromatic carbocycles. The Kier molecular flexibility index (Phi) is 2.77. The number of halogens is 1. The van der Waals surface area contributed by atoms with Crippen LogP contribution in [-0.4, -0.2) is 0 Å². The molecule has 0 spiro atoms. The van der Waals surface area contributed by atoms with Crippen molar-refractivity contribution in [3.63, 3.8) is 0 Å². The lowest BCUT2D eigenvalue weighted by atomic mass is 10.3. The first-order valence-corrected chi connectivity index (χ1v) is 4.80. The third kappa shape index (κ3) is 1.36. The first-order chi connectivity index (χ1) is 4.47. The van der Waals surface area contributed by atoms with Gasteiger partial charge in [0.1, 0.15) is 0 Å². The molecule has 2 rings (SSSR count). The summed E-state index contributed by atoms with van der Waals surface area (Å²) in [6, 6.07) is 8.30. The normalized spacial score (nSPS) is 13.2. The number of fused-ring (bicyclic) bond motifs is 1. The summed E-state index contributed by atoms with van der Waals surface area (Å²) in [5, 5.41) is 0. The lowest BCUT2D eigenvalue weighted by molar-refractivity contribution is 1.49. The highest BCUT2D eigenvalue weighted by molar-refractivity contribution is 8.77. The molecule has 1 aliphatic heterocycles. The van der Waals surface area contributed by atoms with E-state index in [1.54, 1.807) is 21.8 Å². The molecule has 4 heteroatoms. The molecule has 0 unspecified atom stereocenters. The Labute approximate surface area is 73.9 Å². The third-order valence-electron chi connectivity index (χ3n) is 1.17. The number of benzene rings is 1. The highest BCUT2D eigenvalue weighted by atomic mass is 35.5. The van der Waals surface area contributed by atoms with Gasteiger partial charge in [-0.05, 0) is 22.9 Å². The van der Waals surface area contributed by atoms with Crippen molar-refractivity contribution < 1.29 is 0 Å². The van der Waals surface area contributed by atoms with Crippen molar-refractivity contribution in [2.45, 2.75) is 4.90 Å². The molecule has 54 valence electrons. The van der Waals surface area contributed by atoms with Crippen LogP contribution < -0.4 is 4.72 Å².